The lowest BCUT2D eigenvalue weighted by molar-refractivity contribution is 0.257. The Hall–Kier alpha value is -1.91. The van der Waals surface area contributed by atoms with Crippen LogP contribution in [0.4, 0.5) is 5.69 Å². The van der Waals surface area contributed by atoms with E-state index in [-0.39, 0.29) is 5.54 Å². The summed E-state index contributed by atoms with van der Waals surface area (Å²) >= 11 is 6.30. The van der Waals surface area contributed by atoms with Crippen molar-refractivity contribution in [2.75, 3.05) is 31.2 Å². The number of nitrogens with zero attached hydrogens (tertiary/aromatic N) is 1. The number of hydrogen-bond donors (Lipinski definition) is 1. The van der Waals surface area contributed by atoms with Crippen LogP contribution in [0.15, 0.2) is 42.5 Å². The molecule has 2 aliphatic rings. The monoisotopic (exact) mass is 414 g/mol. The van der Waals surface area contributed by atoms with Crippen LogP contribution in [0.5, 0.6) is 11.5 Å². The quantitative estimate of drug-likeness (QED) is 0.609. The molecule has 1 fully saturated rings. The van der Waals surface area contributed by atoms with E-state index in [1.807, 2.05) is 30.3 Å². The second-order valence-electron chi connectivity index (χ2n) is 8.69. The standard InChI is InChI=1S/C24H31ClN2O2/c1-24(2)20(11-12-26)19-15-18(25)9-10-21(19)27(24)13-14-28-22-5-3-4-6-23(22)29-16-17-7-8-17/h3-6,9-10,15,17,20H,7-8,11-14,16,26H2,1-2H3. The summed E-state index contributed by atoms with van der Waals surface area (Å²) in [6.07, 6.45) is 3.50. The van der Waals surface area contributed by atoms with Crippen LogP contribution in [-0.4, -0.2) is 31.8 Å². The van der Waals surface area contributed by atoms with Gasteiger partial charge in [0, 0.05) is 22.2 Å². The van der Waals surface area contributed by atoms with E-state index in [4.69, 9.17) is 26.8 Å². The maximum absolute atomic E-state index is 6.30. The minimum atomic E-state index is -0.0439. The topological polar surface area (TPSA) is 47.7 Å². The van der Waals surface area contributed by atoms with Crippen molar-refractivity contribution >= 4 is 17.3 Å². The van der Waals surface area contributed by atoms with Gasteiger partial charge in [-0.05, 0) is 81.5 Å². The van der Waals surface area contributed by atoms with Crippen molar-refractivity contribution in [2.45, 2.75) is 44.6 Å². The molecule has 0 bridgehead atoms. The number of rotatable bonds is 9. The number of fused-ring (bicyclic) bond motifs is 1. The molecule has 4 nitrogen and oxygen atoms in total. The van der Waals surface area contributed by atoms with Crippen LogP contribution in [0.3, 0.4) is 0 Å². The van der Waals surface area contributed by atoms with Gasteiger partial charge in [0.05, 0.1) is 13.2 Å². The number of nitrogens with two attached hydrogens (primary N) is 1. The first kappa shape index (κ1) is 20.4. The summed E-state index contributed by atoms with van der Waals surface area (Å²) < 4.78 is 12.1. The van der Waals surface area contributed by atoms with Crippen molar-refractivity contribution in [1.82, 2.24) is 0 Å². The molecular weight excluding hydrogens is 384 g/mol. The molecule has 4 rings (SSSR count). The number of para-hydroxylation sites is 2. The fourth-order valence-corrected chi connectivity index (χ4v) is 4.62. The number of anilines is 1. The van der Waals surface area contributed by atoms with Crippen LogP contribution >= 0.6 is 11.6 Å². The second kappa shape index (κ2) is 8.45. The van der Waals surface area contributed by atoms with Crippen molar-refractivity contribution < 1.29 is 9.47 Å². The van der Waals surface area contributed by atoms with Crippen LogP contribution in [0.2, 0.25) is 5.02 Å². The largest absolute Gasteiger partial charge is 0.489 e. The highest BCUT2D eigenvalue weighted by Gasteiger charge is 2.44. The first-order chi connectivity index (χ1) is 14.0. The zero-order valence-electron chi connectivity index (χ0n) is 17.4. The van der Waals surface area contributed by atoms with Crippen molar-refractivity contribution in [3.63, 3.8) is 0 Å². The fraction of sp³-hybridized carbons (Fsp3) is 0.500. The third-order valence-corrected chi connectivity index (χ3v) is 6.49. The van der Waals surface area contributed by atoms with Crippen LogP contribution in [0, 0.1) is 5.92 Å². The molecule has 1 aliphatic heterocycles. The Labute approximate surface area is 178 Å². The smallest absolute Gasteiger partial charge is 0.161 e. The third kappa shape index (κ3) is 4.34. The van der Waals surface area contributed by atoms with Gasteiger partial charge >= 0.3 is 0 Å². The minimum absolute atomic E-state index is 0.0439. The van der Waals surface area contributed by atoms with Gasteiger partial charge in [-0.2, -0.15) is 0 Å². The molecule has 0 radical (unpaired) electrons. The highest BCUT2D eigenvalue weighted by atomic mass is 35.5. The molecule has 2 N–H and O–H groups in total. The van der Waals surface area contributed by atoms with E-state index >= 15 is 0 Å². The average molecular weight is 415 g/mol. The Bertz CT molecular complexity index is 851. The lowest BCUT2D eigenvalue weighted by Crippen LogP contribution is -2.46. The molecule has 5 heteroatoms. The lowest BCUT2D eigenvalue weighted by Gasteiger charge is -2.38. The molecule has 2 aromatic carbocycles. The number of hydrogen-bond acceptors (Lipinski definition) is 4. The lowest BCUT2D eigenvalue weighted by atomic mass is 9.83. The van der Waals surface area contributed by atoms with Gasteiger partial charge in [0.15, 0.2) is 11.5 Å². The van der Waals surface area contributed by atoms with Gasteiger partial charge in [-0.3, -0.25) is 0 Å². The van der Waals surface area contributed by atoms with Gasteiger partial charge in [0.1, 0.15) is 6.61 Å². The Morgan fingerprint density at radius 2 is 1.83 bits per heavy atom. The van der Waals surface area contributed by atoms with Gasteiger partial charge in [0.2, 0.25) is 0 Å². The maximum atomic E-state index is 6.30. The zero-order chi connectivity index (χ0) is 20.4. The summed E-state index contributed by atoms with van der Waals surface area (Å²) in [5.74, 6) is 2.74. The molecular formula is C24H31ClN2O2. The first-order valence-electron chi connectivity index (χ1n) is 10.6. The number of benzene rings is 2. The van der Waals surface area contributed by atoms with Crippen LogP contribution < -0.4 is 20.1 Å². The van der Waals surface area contributed by atoms with Crippen molar-refractivity contribution in [3.05, 3.63) is 53.1 Å². The van der Waals surface area contributed by atoms with Crippen LogP contribution in [0.1, 0.15) is 44.6 Å². The van der Waals surface area contributed by atoms with Gasteiger partial charge in [0.25, 0.3) is 0 Å². The SMILES string of the molecule is CC1(C)C(CCN)c2cc(Cl)ccc2N1CCOc1ccccc1OCC1CC1. The van der Waals surface area contributed by atoms with Gasteiger partial charge in [-0.1, -0.05) is 23.7 Å². The molecule has 1 aliphatic carbocycles. The second-order valence-corrected chi connectivity index (χ2v) is 9.12. The summed E-state index contributed by atoms with van der Waals surface area (Å²) in [7, 11) is 0. The number of halogens is 1. The Morgan fingerprint density at radius 3 is 2.52 bits per heavy atom. The Balaban J connectivity index is 1.46. The molecule has 0 spiro atoms. The maximum Gasteiger partial charge on any atom is 0.161 e. The van der Waals surface area contributed by atoms with Crippen LogP contribution in [0.25, 0.3) is 0 Å². The molecule has 2 aromatic rings. The molecule has 156 valence electrons. The fourth-order valence-electron chi connectivity index (χ4n) is 4.44. The van der Waals surface area contributed by atoms with Gasteiger partial charge in [-0.25, -0.2) is 0 Å². The predicted molar refractivity (Wildman–Crippen MR) is 119 cm³/mol. The van der Waals surface area contributed by atoms with E-state index in [1.165, 1.54) is 24.1 Å². The van der Waals surface area contributed by atoms with E-state index < -0.39 is 0 Å². The Morgan fingerprint density at radius 1 is 1.10 bits per heavy atom. The average Bonchev–Trinajstić information content (AvgIpc) is 3.50. The molecule has 0 aromatic heterocycles. The minimum Gasteiger partial charge on any atom is -0.489 e. The molecule has 0 amide bonds. The molecule has 1 unspecified atom stereocenters. The zero-order valence-corrected chi connectivity index (χ0v) is 18.1. The van der Waals surface area contributed by atoms with E-state index in [0.29, 0.717) is 19.1 Å². The van der Waals surface area contributed by atoms with E-state index in [2.05, 4.69) is 30.9 Å². The van der Waals surface area contributed by atoms with Gasteiger partial charge in [-0.15, -0.1) is 0 Å². The van der Waals surface area contributed by atoms with Crippen LogP contribution in [-0.2, 0) is 0 Å². The Kier molecular flexibility index (Phi) is 5.93. The van der Waals surface area contributed by atoms with Gasteiger partial charge < -0.3 is 20.1 Å². The summed E-state index contributed by atoms with van der Waals surface area (Å²) in [4.78, 5) is 2.44. The third-order valence-electron chi connectivity index (χ3n) is 6.25. The normalized spacial score (nSPS) is 19.9. The van der Waals surface area contributed by atoms with Crippen molar-refractivity contribution in [1.29, 1.82) is 0 Å². The highest BCUT2D eigenvalue weighted by molar-refractivity contribution is 6.30. The predicted octanol–water partition coefficient (Wildman–Crippen LogP) is 5.24. The first-order valence-corrected chi connectivity index (χ1v) is 11.0. The van der Waals surface area contributed by atoms with Crippen molar-refractivity contribution in [2.24, 2.45) is 11.7 Å². The summed E-state index contributed by atoms with van der Waals surface area (Å²) in [5, 5.41) is 0.779. The summed E-state index contributed by atoms with van der Waals surface area (Å²) in [6, 6.07) is 14.2. The molecule has 0 saturated heterocycles. The highest BCUT2D eigenvalue weighted by Crippen LogP contribution is 2.49. The number of ether oxygens (including phenoxy) is 2. The molecule has 1 saturated carbocycles. The molecule has 1 atom stereocenters. The van der Waals surface area contributed by atoms with E-state index in [0.717, 1.165) is 42.0 Å². The summed E-state index contributed by atoms with van der Waals surface area (Å²) in [5.41, 5.74) is 8.41. The summed E-state index contributed by atoms with van der Waals surface area (Å²) in [6.45, 7) is 7.40. The van der Waals surface area contributed by atoms with E-state index in [9.17, 15) is 0 Å². The van der Waals surface area contributed by atoms with Crippen molar-refractivity contribution in [3.8, 4) is 11.5 Å². The molecule has 29 heavy (non-hydrogen) atoms. The van der Waals surface area contributed by atoms with E-state index in [1.54, 1.807) is 0 Å². The molecule has 1 heterocycles.